The molecule has 23 heteroatoms. The fraction of sp³-hybridized carbons (Fsp3) is 0.467. The van der Waals surface area contributed by atoms with Crippen LogP contribution in [0.5, 0.6) is 5.75 Å². The van der Waals surface area contributed by atoms with Crippen LogP contribution in [-0.4, -0.2) is 54.6 Å². The molecule has 0 unspecified atom stereocenters. The second kappa shape index (κ2) is 10.5. The first kappa shape index (κ1) is 36.5. The summed E-state index contributed by atoms with van der Waals surface area (Å²) in [7, 11) is -5.98. The van der Waals surface area contributed by atoms with E-state index >= 15 is 0 Å². The molecule has 0 N–H and O–H groups in total. The molecule has 0 fully saturated rings. The maximum absolute atomic E-state index is 13.8. The fourth-order valence-corrected chi connectivity index (χ4v) is 2.77. The van der Waals surface area contributed by atoms with Crippen molar-refractivity contribution in [2.45, 2.75) is 46.5 Å². The monoisotopic (exact) mass is 626 g/mol. The predicted molar refractivity (Wildman–Crippen MR) is 80.0 cm³/mol. The Hall–Kier alpha value is -1.52. The molecule has 0 saturated carbocycles. The van der Waals surface area contributed by atoms with Crippen LogP contribution < -0.4 is 34.3 Å². The molecule has 0 aliphatic carbocycles. The van der Waals surface area contributed by atoms with Crippen molar-refractivity contribution < 1.29 is 122 Å². The Labute approximate surface area is 220 Å². The molecule has 4 nitrogen and oxygen atoms in total. The molecule has 0 amide bonds. The zero-order valence-electron chi connectivity index (χ0n) is 17.3. The summed E-state index contributed by atoms with van der Waals surface area (Å²) < 4.78 is 262. The maximum atomic E-state index is 13.8. The van der Waals surface area contributed by atoms with Gasteiger partial charge in [-0.25, -0.2) is 8.42 Å². The molecule has 1 aromatic rings. The van der Waals surface area contributed by atoms with Crippen molar-refractivity contribution >= 4 is 10.1 Å². The Bertz CT molecular complexity index is 1160. The van der Waals surface area contributed by atoms with Gasteiger partial charge in [-0.1, -0.05) is 12.1 Å². The molecule has 0 aromatic heterocycles. The molecule has 0 spiro atoms. The number of ether oxygens (including phenoxy) is 1. The van der Waals surface area contributed by atoms with Gasteiger partial charge in [-0.3, -0.25) is 0 Å². The Morgan fingerprint density at radius 1 is 0.658 bits per heavy atom. The van der Waals surface area contributed by atoms with Gasteiger partial charge in [0.1, 0.15) is 15.9 Å². The van der Waals surface area contributed by atoms with E-state index in [4.69, 9.17) is 0 Å². The molecule has 1 aromatic carbocycles. The number of para-hydroxylation sites is 1. The average Bonchev–Trinajstić information content (AvgIpc) is 2.71. The number of halogens is 17. The average molecular weight is 626 g/mol. The molecule has 0 atom stereocenters. The minimum atomic E-state index is -8.75. The van der Waals surface area contributed by atoms with Crippen LogP contribution in [0.15, 0.2) is 41.1 Å². The topological polar surface area (TPSA) is 66.4 Å². The van der Waals surface area contributed by atoms with Crippen molar-refractivity contribution in [3.63, 3.8) is 0 Å². The summed E-state index contributed by atoms with van der Waals surface area (Å²) in [6, 6.07) is 0.734. The van der Waals surface area contributed by atoms with Crippen LogP contribution in [0.3, 0.4) is 0 Å². The largest absolute Gasteiger partial charge is 1.00 e. The molecule has 38 heavy (non-hydrogen) atoms. The third kappa shape index (κ3) is 5.42. The van der Waals surface area contributed by atoms with E-state index in [9.17, 15) is 87.6 Å². The first-order chi connectivity index (χ1) is 16.1. The molecule has 1 rings (SSSR count). The third-order valence-electron chi connectivity index (χ3n) is 4.14. The predicted octanol–water partition coefficient (Wildman–Crippen LogP) is 3.46. The molecule has 0 bridgehead atoms. The quantitative estimate of drug-likeness (QED) is 0.227. The number of allylic oxidation sites excluding steroid dienone is 1. The van der Waals surface area contributed by atoms with Crippen molar-refractivity contribution in [2.75, 3.05) is 0 Å². The fourth-order valence-electron chi connectivity index (χ4n) is 2.17. The van der Waals surface area contributed by atoms with Gasteiger partial charge < -0.3 is 9.29 Å². The zero-order chi connectivity index (χ0) is 29.8. The number of rotatable bonds is 10. The van der Waals surface area contributed by atoms with Gasteiger partial charge >= 0.3 is 77.3 Å². The van der Waals surface area contributed by atoms with Crippen LogP contribution in [0.2, 0.25) is 0 Å². The number of hydrogen-bond donors (Lipinski definition) is 0. The Balaban J connectivity index is 0.0000137. The summed E-state index contributed by atoms with van der Waals surface area (Å²) in [6.07, 6.45) is -11.9. The number of benzene rings is 1. The zero-order valence-corrected chi connectivity index (χ0v) is 20.1. The molecule has 0 aliphatic heterocycles. The van der Waals surface area contributed by atoms with Crippen LogP contribution in [0.1, 0.15) is 0 Å². The molecule has 214 valence electrons. The van der Waals surface area contributed by atoms with Gasteiger partial charge in [0.2, 0.25) is 5.83 Å². The first-order valence-corrected chi connectivity index (χ1v) is 9.56. The van der Waals surface area contributed by atoms with Crippen LogP contribution in [0.25, 0.3) is 0 Å². The van der Waals surface area contributed by atoms with Crippen LogP contribution in [-0.2, 0) is 10.1 Å². The minimum Gasteiger partial charge on any atom is -0.744 e. The van der Waals surface area contributed by atoms with Crippen molar-refractivity contribution in [3.05, 3.63) is 36.2 Å². The van der Waals surface area contributed by atoms with Gasteiger partial charge in [-0.05, 0) is 12.1 Å². The third-order valence-corrected chi connectivity index (χ3v) is 5.01. The summed E-state index contributed by atoms with van der Waals surface area (Å²) >= 11 is 0. The summed E-state index contributed by atoms with van der Waals surface area (Å²) in [5.74, 6) is -57.6. The van der Waals surface area contributed by atoms with E-state index in [1.54, 1.807) is 0 Å². The van der Waals surface area contributed by atoms with Crippen molar-refractivity contribution in [1.29, 1.82) is 0 Å². The van der Waals surface area contributed by atoms with Crippen molar-refractivity contribution in [3.8, 4) is 5.75 Å². The van der Waals surface area contributed by atoms with E-state index in [-0.39, 0.29) is 41.7 Å². The van der Waals surface area contributed by atoms with Gasteiger partial charge in [-0.15, -0.1) is 0 Å². The van der Waals surface area contributed by atoms with E-state index in [1.165, 1.54) is 0 Å². The molecule has 0 heterocycles. The van der Waals surface area contributed by atoms with Gasteiger partial charge in [0, 0.05) is 0 Å². The van der Waals surface area contributed by atoms with Gasteiger partial charge in [-0.2, -0.15) is 74.6 Å². The second-order valence-corrected chi connectivity index (χ2v) is 7.89. The summed E-state index contributed by atoms with van der Waals surface area (Å²) in [4.78, 5) is -2.05. The van der Waals surface area contributed by atoms with Crippen LogP contribution in [0, 0.1) is 0 Å². The van der Waals surface area contributed by atoms with E-state index in [0.29, 0.717) is 12.1 Å². The number of alkyl halides is 14. The molecule has 0 aliphatic rings. The van der Waals surface area contributed by atoms with Crippen molar-refractivity contribution in [2.24, 2.45) is 0 Å². The normalized spacial score (nSPS) is 14.6. The SMILES string of the molecule is O=S(=O)([O-])c1ccccc1OC(F)(F)C(F)(F)C(F)(F)C(F)(F)C(F)(F)C(F)(F)C(F)(F)C(F)=C(F)F.[Na+]. The standard InChI is InChI=1S/C15H5F17O4S.Na/c16-7(8(17)18)9(19,20)10(21,22)11(23,24)12(25,26)13(27,28)14(29,30)15(31,32)36-5-3-1-2-4-6(5)37(33,34)35;/h1-4H,(H,33,34,35);/q;+1/p-1. The van der Waals surface area contributed by atoms with Crippen LogP contribution >= 0.6 is 0 Å². The van der Waals surface area contributed by atoms with E-state index < -0.39 is 74.3 Å². The van der Waals surface area contributed by atoms with Crippen LogP contribution in [0.4, 0.5) is 74.6 Å². The minimum absolute atomic E-state index is 0. The first-order valence-electron chi connectivity index (χ1n) is 8.15. The smallest absolute Gasteiger partial charge is 0.744 e. The second-order valence-electron chi connectivity index (χ2n) is 6.54. The Kier molecular flexibility index (Phi) is 10.0. The Morgan fingerprint density at radius 3 is 1.42 bits per heavy atom. The molecular formula is C15H4F17NaO4S. The summed E-state index contributed by atoms with van der Waals surface area (Å²) in [6.45, 7) is 0. The molecular weight excluding hydrogens is 622 g/mol. The van der Waals surface area contributed by atoms with E-state index in [1.807, 2.05) is 0 Å². The van der Waals surface area contributed by atoms with Gasteiger partial charge in [0.05, 0.1) is 4.90 Å². The van der Waals surface area contributed by atoms with Gasteiger partial charge in [0.25, 0.3) is 0 Å². The Morgan fingerprint density at radius 2 is 1.03 bits per heavy atom. The van der Waals surface area contributed by atoms with Crippen molar-refractivity contribution in [1.82, 2.24) is 0 Å². The molecule has 0 saturated heterocycles. The summed E-state index contributed by atoms with van der Waals surface area (Å²) in [5.41, 5.74) is 0. The van der Waals surface area contributed by atoms with Gasteiger partial charge in [0.15, 0.2) is 0 Å². The molecule has 0 radical (unpaired) electrons. The maximum Gasteiger partial charge on any atom is 1.00 e. The van der Waals surface area contributed by atoms with E-state index in [2.05, 4.69) is 4.74 Å². The van der Waals surface area contributed by atoms with E-state index in [0.717, 1.165) is 0 Å². The number of hydrogen-bond acceptors (Lipinski definition) is 4. The summed E-state index contributed by atoms with van der Waals surface area (Å²) in [5, 5.41) is 0.